The molecule has 1 aliphatic rings. The van der Waals surface area contributed by atoms with E-state index in [1.807, 2.05) is 0 Å². The number of hydrogen-bond acceptors (Lipinski definition) is 6. The Morgan fingerprint density at radius 1 is 1.35 bits per heavy atom. The lowest BCUT2D eigenvalue weighted by molar-refractivity contribution is 0.354. The number of rotatable bonds is 5. The zero-order valence-electron chi connectivity index (χ0n) is 13.0. The van der Waals surface area contributed by atoms with E-state index in [0.717, 1.165) is 31.5 Å². The molecule has 126 valence electrons. The van der Waals surface area contributed by atoms with Gasteiger partial charge < -0.3 is 19.3 Å². The van der Waals surface area contributed by atoms with Crippen molar-refractivity contribution in [2.45, 2.75) is 12.8 Å². The summed E-state index contributed by atoms with van der Waals surface area (Å²) in [4.78, 5) is 4.46. The van der Waals surface area contributed by atoms with Gasteiger partial charge in [-0.15, -0.1) is 12.4 Å². The predicted molar refractivity (Wildman–Crippen MR) is 89.8 cm³/mol. The molecular weight excluding hydrogens is 341 g/mol. The third-order valence-corrected chi connectivity index (χ3v) is 4.07. The summed E-state index contributed by atoms with van der Waals surface area (Å²) in [5.74, 6) is 2.74. The van der Waals surface area contributed by atoms with E-state index in [2.05, 4.69) is 15.5 Å². The molecule has 0 aliphatic carbocycles. The molecule has 3 rings (SSSR count). The lowest BCUT2D eigenvalue weighted by atomic mass is 10.1. The van der Waals surface area contributed by atoms with Crippen molar-refractivity contribution in [1.82, 2.24) is 15.5 Å². The third kappa shape index (κ3) is 3.88. The molecule has 1 N–H and O–H groups in total. The van der Waals surface area contributed by atoms with E-state index in [9.17, 15) is 0 Å². The van der Waals surface area contributed by atoms with Crippen molar-refractivity contribution in [2.75, 3.05) is 27.3 Å². The molecule has 0 bridgehead atoms. The normalized spacial score (nSPS) is 16.9. The van der Waals surface area contributed by atoms with Crippen molar-refractivity contribution < 1.29 is 14.0 Å². The Hall–Kier alpha value is -1.50. The van der Waals surface area contributed by atoms with E-state index in [4.69, 9.17) is 25.6 Å². The second kappa shape index (κ2) is 7.86. The molecule has 2 heterocycles. The van der Waals surface area contributed by atoms with Crippen molar-refractivity contribution in [3.8, 4) is 22.9 Å². The number of ether oxygens (including phenoxy) is 2. The van der Waals surface area contributed by atoms with Crippen LogP contribution in [0.1, 0.15) is 12.3 Å². The van der Waals surface area contributed by atoms with Gasteiger partial charge in [0.1, 0.15) is 0 Å². The van der Waals surface area contributed by atoms with Crippen molar-refractivity contribution in [2.24, 2.45) is 5.92 Å². The van der Waals surface area contributed by atoms with Gasteiger partial charge in [-0.1, -0.05) is 16.8 Å². The topological polar surface area (TPSA) is 69.4 Å². The lowest BCUT2D eigenvalue weighted by Crippen LogP contribution is -2.10. The number of benzene rings is 1. The van der Waals surface area contributed by atoms with Gasteiger partial charge in [-0.3, -0.25) is 0 Å². The summed E-state index contributed by atoms with van der Waals surface area (Å²) in [6.45, 7) is 2.05. The summed E-state index contributed by atoms with van der Waals surface area (Å²) < 4.78 is 15.9. The minimum absolute atomic E-state index is 0. The molecule has 0 radical (unpaired) electrons. The first-order chi connectivity index (χ1) is 10.7. The molecule has 8 heteroatoms. The van der Waals surface area contributed by atoms with Crippen molar-refractivity contribution >= 4 is 24.0 Å². The fourth-order valence-electron chi connectivity index (χ4n) is 2.64. The lowest BCUT2D eigenvalue weighted by Gasteiger charge is -2.10. The SMILES string of the molecule is COc1cc(-c2noc(CC3CCNC3)n2)cc(Cl)c1OC.Cl. The fraction of sp³-hybridized carbons (Fsp3) is 0.467. The highest BCUT2D eigenvalue weighted by molar-refractivity contribution is 6.32. The summed E-state index contributed by atoms with van der Waals surface area (Å²) in [6, 6.07) is 3.53. The molecule has 6 nitrogen and oxygen atoms in total. The van der Waals surface area contributed by atoms with Gasteiger partial charge in [0.25, 0.3) is 0 Å². The number of nitrogens with zero attached hydrogens (tertiary/aromatic N) is 2. The first kappa shape index (κ1) is 17.8. The third-order valence-electron chi connectivity index (χ3n) is 3.79. The maximum atomic E-state index is 6.21. The highest BCUT2D eigenvalue weighted by Crippen LogP contribution is 2.38. The van der Waals surface area contributed by atoms with Crippen LogP contribution in [0.5, 0.6) is 11.5 Å². The van der Waals surface area contributed by atoms with Crippen LogP contribution in [0.4, 0.5) is 0 Å². The molecule has 1 unspecified atom stereocenters. The average Bonchev–Trinajstić information content (AvgIpc) is 3.18. The van der Waals surface area contributed by atoms with Gasteiger partial charge in [0, 0.05) is 12.0 Å². The molecule has 23 heavy (non-hydrogen) atoms. The van der Waals surface area contributed by atoms with E-state index in [1.54, 1.807) is 26.4 Å². The molecule has 1 saturated heterocycles. The zero-order chi connectivity index (χ0) is 15.5. The van der Waals surface area contributed by atoms with Crippen LogP contribution in [-0.4, -0.2) is 37.4 Å². The molecule has 1 atom stereocenters. The van der Waals surface area contributed by atoms with Gasteiger partial charge in [-0.25, -0.2) is 0 Å². The van der Waals surface area contributed by atoms with Crippen molar-refractivity contribution in [3.05, 3.63) is 23.0 Å². The Morgan fingerprint density at radius 2 is 2.17 bits per heavy atom. The molecular formula is C15H19Cl2N3O3. The van der Waals surface area contributed by atoms with Crippen molar-refractivity contribution in [3.63, 3.8) is 0 Å². The van der Waals surface area contributed by atoms with E-state index in [-0.39, 0.29) is 12.4 Å². The maximum absolute atomic E-state index is 6.21. The Kier molecular flexibility index (Phi) is 6.10. The number of aromatic nitrogens is 2. The highest BCUT2D eigenvalue weighted by atomic mass is 35.5. The van der Waals surface area contributed by atoms with E-state index in [1.165, 1.54) is 0 Å². The number of nitrogens with one attached hydrogen (secondary N) is 1. The maximum Gasteiger partial charge on any atom is 0.227 e. The van der Waals surface area contributed by atoms with Gasteiger partial charge in [-0.2, -0.15) is 4.98 Å². The van der Waals surface area contributed by atoms with Crippen LogP contribution >= 0.6 is 24.0 Å². The Bertz CT molecular complexity index is 657. The zero-order valence-corrected chi connectivity index (χ0v) is 14.5. The van der Waals surface area contributed by atoms with Crippen LogP contribution in [0, 0.1) is 5.92 Å². The van der Waals surface area contributed by atoms with Gasteiger partial charge in [0.15, 0.2) is 11.5 Å². The summed E-state index contributed by atoms with van der Waals surface area (Å²) in [5.41, 5.74) is 0.738. The Morgan fingerprint density at radius 3 is 2.83 bits per heavy atom. The van der Waals surface area contributed by atoms with Gasteiger partial charge in [0.05, 0.1) is 19.2 Å². The predicted octanol–water partition coefficient (Wildman–Crippen LogP) is 2.98. The minimum atomic E-state index is 0. The quantitative estimate of drug-likeness (QED) is 0.884. The molecule has 1 fully saturated rings. The standard InChI is InChI=1S/C15H18ClN3O3.ClH/c1-20-12-7-10(6-11(16)14(12)21-2)15-18-13(22-19-15)5-9-3-4-17-8-9;/h6-7,9,17H,3-5,8H2,1-2H3;1H. The molecule has 0 amide bonds. The van der Waals surface area contributed by atoms with Gasteiger partial charge in [-0.05, 0) is 37.6 Å². The Balaban J connectivity index is 0.00000192. The fourth-order valence-corrected chi connectivity index (χ4v) is 2.93. The van der Waals surface area contributed by atoms with Gasteiger partial charge >= 0.3 is 0 Å². The smallest absolute Gasteiger partial charge is 0.227 e. The average molecular weight is 360 g/mol. The molecule has 2 aromatic rings. The number of halogens is 2. The molecule has 1 aromatic heterocycles. The summed E-state index contributed by atoms with van der Waals surface area (Å²) in [5, 5.41) is 7.81. The summed E-state index contributed by atoms with van der Waals surface area (Å²) in [7, 11) is 3.11. The molecule has 0 spiro atoms. The largest absolute Gasteiger partial charge is 0.493 e. The van der Waals surface area contributed by atoms with Crippen molar-refractivity contribution in [1.29, 1.82) is 0 Å². The Labute approximate surface area is 145 Å². The van der Waals surface area contributed by atoms with Crippen LogP contribution < -0.4 is 14.8 Å². The summed E-state index contributed by atoms with van der Waals surface area (Å²) >= 11 is 6.21. The number of methoxy groups -OCH3 is 2. The van der Waals surface area contributed by atoms with Crippen LogP contribution in [0.15, 0.2) is 16.7 Å². The summed E-state index contributed by atoms with van der Waals surface area (Å²) in [6.07, 6.45) is 1.93. The minimum Gasteiger partial charge on any atom is -0.493 e. The molecule has 1 aromatic carbocycles. The second-order valence-corrected chi connectivity index (χ2v) is 5.68. The monoisotopic (exact) mass is 359 g/mol. The molecule has 1 aliphatic heterocycles. The first-order valence-corrected chi connectivity index (χ1v) is 7.54. The highest BCUT2D eigenvalue weighted by Gasteiger charge is 2.20. The first-order valence-electron chi connectivity index (χ1n) is 7.16. The van der Waals surface area contributed by atoms with Crippen LogP contribution in [0.25, 0.3) is 11.4 Å². The van der Waals surface area contributed by atoms with Crippen LogP contribution in [-0.2, 0) is 6.42 Å². The second-order valence-electron chi connectivity index (χ2n) is 5.27. The van der Waals surface area contributed by atoms with E-state index >= 15 is 0 Å². The van der Waals surface area contributed by atoms with Crippen LogP contribution in [0.2, 0.25) is 5.02 Å². The number of hydrogen-bond donors (Lipinski definition) is 1. The van der Waals surface area contributed by atoms with E-state index in [0.29, 0.717) is 34.2 Å². The van der Waals surface area contributed by atoms with Crippen LogP contribution in [0.3, 0.4) is 0 Å². The van der Waals surface area contributed by atoms with Gasteiger partial charge in [0.2, 0.25) is 11.7 Å². The van der Waals surface area contributed by atoms with E-state index < -0.39 is 0 Å². The molecule has 0 saturated carbocycles.